The van der Waals surface area contributed by atoms with Crippen LogP contribution in [0.3, 0.4) is 0 Å². The van der Waals surface area contributed by atoms with Gasteiger partial charge in [0, 0.05) is 5.56 Å². The van der Waals surface area contributed by atoms with Gasteiger partial charge in [0.25, 0.3) is 0 Å². The van der Waals surface area contributed by atoms with E-state index in [1.165, 1.54) is 24.3 Å². The molecular weight excluding hydrogens is 348 g/mol. The van der Waals surface area contributed by atoms with Crippen LogP contribution in [0.25, 0.3) is 0 Å². The molecule has 104 valence electrons. The predicted octanol–water partition coefficient (Wildman–Crippen LogP) is 4.46. The average Bonchev–Trinajstić information content (AvgIpc) is 2.39. The molecule has 2 aromatic carbocycles. The van der Waals surface area contributed by atoms with Crippen LogP contribution >= 0.6 is 28.1 Å². The summed E-state index contributed by atoms with van der Waals surface area (Å²) in [5.74, 6) is -1.40. The maximum Gasteiger partial charge on any atom is 0.180 e. The zero-order valence-corrected chi connectivity index (χ0v) is 12.8. The van der Waals surface area contributed by atoms with Crippen LogP contribution in [0.2, 0.25) is 0 Å². The minimum Gasteiger partial charge on any atom is -0.451 e. The lowest BCUT2D eigenvalue weighted by Crippen LogP contribution is -2.11. The number of hydrogen-bond acceptors (Lipinski definition) is 2. The van der Waals surface area contributed by atoms with E-state index in [9.17, 15) is 8.78 Å². The zero-order valence-electron chi connectivity index (χ0n) is 10.4. The van der Waals surface area contributed by atoms with Gasteiger partial charge in [0.05, 0.1) is 4.47 Å². The number of rotatable bonds is 3. The maximum absolute atomic E-state index is 14.1. The molecule has 0 saturated carbocycles. The summed E-state index contributed by atoms with van der Waals surface area (Å²) in [5, 5.41) is 0. The normalized spacial score (nSPS) is 10.4. The van der Waals surface area contributed by atoms with Gasteiger partial charge in [0.2, 0.25) is 0 Å². The van der Waals surface area contributed by atoms with Gasteiger partial charge in [-0.1, -0.05) is 18.3 Å². The van der Waals surface area contributed by atoms with Crippen LogP contribution in [-0.4, -0.2) is 4.99 Å². The van der Waals surface area contributed by atoms with Crippen LogP contribution in [-0.2, 0) is 0 Å². The second-order valence-corrected chi connectivity index (χ2v) is 5.37. The summed E-state index contributed by atoms with van der Waals surface area (Å²) in [6, 6.07) is 7.23. The van der Waals surface area contributed by atoms with E-state index in [-0.39, 0.29) is 21.0 Å². The lowest BCUT2D eigenvalue weighted by atomic mass is 10.2. The first-order valence-electron chi connectivity index (χ1n) is 5.62. The highest BCUT2D eigenvalue weighted by molar-refractivity contribution is 9.10. The van der Waals surface area contributed by atoms with Crippen molar-refractivity contribution in [3.63, 3.8) is 0 Å². The highest BCUT2D eigenvalue weighted by Crippen LogP contribution is 2.33. The number of aryl methyl sites for hydroxylation is 1. The molecule has 0 atom stereocenters. The van der Waals surface area contributed by atoms with Gasteiger partial charge in [0.15, 0.2) is 23.1 Å². The first-order chi connectivity index (χ1) is 9.40. The Bertz CT molecular complexity index is 691. The first kappa shape index (κ1) is 14.9. The molecule has 0 unspecified atom stereocenters. The Morgan fingerprint density at radius 1 is 1.20 bits per heavy atom. The molecule has 2 rings (SSSR count). The molecule has 0 heterocycles. The largest absolute Gasteiger partial charge is 0.451 e. The summed E-state index contributed by atoms with van der Waals surface area (Å²) in [4.78, 5) is 0.0593. The molecule has 0 fully saturated rings. The van der Waals surface area contributed by atoms with Gasteiger partial charge < -0.3 is 10.5 Å². The number of thiocarbonyl (C=S) groups is 1. The third-order valence-electron chi connectivity index (χ3n) is 2.62. The van der Waals surface area contributed by atoms with Crippen LogP contribution in [0.5, 0.6) is 11.5 Å². The molecule has 0 aliphatic rings. The van der Waals surface area contributed by atoms with Gasteiger partial charge in [-0.05, 0) is 52.7 Å². The van der Waals surface area contributed by atoms with Crippen molar-refractivity contribution in [3.8, 4) is 11.5 Å². The molecule has 0 aliphatic heterocycles. The Balaban J connectivity index is 2.42. The lowest BCUT2D eigenvalue weighted by Gasteiger charge is -2.11. The molecular formula is C14H10BrF2NOS. The van der Waals surface area contributed by atoms with Crippen molar-refractivity contribution in [1.29, 1.82) is 0 Å². The highest BCUT2D eigenvalue weighted by Gasteiger charge is 2.15. The smallest absolute Gasteiger partial charge is 0.180 e. The van der Waals surface area contributed by atoms with Gasteiger partial charge in [-0.2, -0.15) is 0 Å². The van der Waals surface area contributed by atoms with Crippen molar-refractivity contribution in [3.05, 3.63) is 57.6 Å². The summed E-state index contributed by atoms with van der Waals surface area (Å²) < 4.78 is 33.1. The van der Waals surface area contributed by atoms with Crippen LogP contribution in [0.1, 0.15) is 11.1 Å². The summed E-state index contributed by atoms with van der Waals surface area (Å²) >= 11 is 7.86. The number of ether oxygens (including phenoxy) is 1. The Kier molecular flexibility index (Phi) is 4.35. The second-order valence-electron chi connectivity index (χ2n) is 4.14. The van der Waals surface area contributed by atoms with Crippen molar-refractivity contribution >= 4 is 33.1 Å². The average molecular weight is 358 g/mol. The highest BCUT2D eigenvalue weighted by atomic mass is 79.9. The van der Waals surface area contributed by atoms with E-state index in [4.69, 9.17) is 22.7 Å². The molecule has 0 amide bonds. The standard InChI is InChI=1S/C14H10BrF2NOS/c1-7-2-4-9(16)11(6-7)19-10-5-3-8(14(18)20)12(15)13(10)17/h2-6H,1H3,(H2,18,20). The topological polar surface area (TPSA) is 35.2 Å². The quantitative estimate of drug-likeness (QED) is 0.823. The fourth-order valence-electron chi connectivity index (χ4n) is 1.61. The fraction of sp³-hybridized carbons (Fsp3) is 0.0714. The minimum atomic E-state index is -0.684. The summed E-state index contributed by atoms with van der Waals surface area (Å²) in [5.41, 5.74) is 6.63. The van der Waals surface area contributed by atoms with Gasteiger partial charge in [-0.25, -0.2) is 8.78 Å². The van der Waals surface area contributed by atoms with E-state index in [0.717, 1.165) is 5.56 Å². The number of halogens is 3. The van der Waals surface area contributed by atoms with Gasteiger partial charge in [-0.15, -0.1) is 0 Å². The molecule has 0 saturated heterocycles. The molecule has 0 aromatic heterocycles. The Labute approximate surface area is 128 Å². The number of hydrogen-bond donors (Lipinski definition) is 1. The van der Waals surface area contributed by atoms with Gasteiger partial charge in [0.1, 0.15) is 4.99 Å². The van der Waals surface area contributed by atoms with Crippen LogP contribution in [0.15, 0.2) is 34.8 Å². The molecule has 6 heteroatoms. The number of nitrogens with two attached hydrogens (primary N) is 1. The Hall–Kier alpha value is -1.53. The molecule has 0 aliphatic carbocycles. The Morgan fingerprint density at radius 2 is 1.90 bits per heavy atom. The van der Waals surface area contributed by atoms with Crippen LogP contribution < -0.4 is 10.5 Å². The maximum atomic E-state index is 14.1. The van der Waals surface area contributed by atoms with E-state index in [0.29, 0.717) is 5.56 Å². The molecule has 2 N–H and O–H groups in total. The van der Waals surface area contributed by atoms with Crippen molar-refractivity contribution in [2.75, 3.05) is 0 Å². The van der Waals surface area contributed by atoms with Crippen molar-refractivity contribution < 1.29 is 13.5 Å². The molecule has 0 bridgehead atoms. The van der Waals surface area contributed by atoms with Crippen molar-refractivity contribution in [1.82, 2.24) is 0 Å². The van der Waals surface area contributed by atoms with E-state index in [1.807, 2.05) is 0 Å². The number of benzene rings is 2. The van der Waals surface area contributed by atoms with Crippen molar-refractivity contribution in [2.45, 2.75) is 6.92 Å². The van der Waals surface area contributed by atoms with Crippen LogP contribution in [0, 0.1) is 18.6 Å². The summed E-state index contributed by atoms with van der Waals surface area (Å²) in [7, 11) is 0. The molecule has 20 heavy (non-hydrogen) atoms. The van der Waals surface area contributed by atoms with E-state index in [1.54, 1.807) is 13.0 Å². The summed E-state index contributed by atoms with van der Waals surface area (Å²) in [6.45, 7) is 1.79. The third-order valence-corrected chi connectivity index (χ3v) is 3.61. The van der Waals surface area contributed by atoms with Gasteiger partial charge >= 0.3 is 0 Å². The van der Waals surface area contributed by atoms with Crippen LogP contribution in [0.4, 0.5) is 8.78 Å². The Morgan fingerprint density at radius 3 is 2.55 bits per heavy atom. The van der Waals surface area contributed by atoms with E-state index < -0.39 is 11.6 Å². The van der Waals surface area contributed by atoms with Gasteiger partial charge in [-0.3, -0.25) is 0 Å². The van der Waals surface area contributed by atoms with E-state index in [2.05, 4.69) is 15.9 Å². The SMILES string of the molecule is Cc1ccc(F)c(Oc2ccc(C(N)=S)c(Br)c2F)c1. The van der Waals surface area contributed by atoms with E-state index >= 15 is 0 Å². The third kappa shape index (κ3) is 2.96. The fourth-order valence-corrected chi connectivity index (χ4v) is 2.45. The monoisotopic (exact) mass is 357 g/mol. The molecule has 2 aromatic rings. The lowest BCUT2D eigenvalue weighted by molar-refractivity contribution is 0.413. The summed E-state index contributed by atoms with van der Waals surface area (Å²) in [6.07, 6.45) is 0. The molecule has 0 spiro atoms. The predicted molar refractivity (Wildman–Crippen MR) is 81.2 cm³/mol. The second kappa shape index (κ2) is 5.85. The molecule has 2 nitrogen and oxygen atoms in total. The minimum absolute atomic E-state index is 0.0427. The first-order valence-corrected chi connectivity index (χ1v) is 6.82. The van der Waals surface area contributed by atoms with Crippen molar-refractivity contribution in [2.24, 2.45) is 5.73 Å². The zero-order chi connectivity index (χ0) is 14.9. The molecule has 0 radical (unpaired) electrons.